The van der Waals surface area contributed by atoms with Gasteiger partial charge in [0.05, 0.1) is 15.8 Å². The highest BCUT2D eigenvalue weighted by Crippen LogP contribution is 2.29. The number of hydrogen-bond acceptors (Lipinski definition) is 5. The minimum absolute atomic E-state index is 0.396. The molecule has 0 spiro atoms. The number of nitrogens with two attached hydrogens (primary N) is 1. The summed E-state index contributed by atoms with van der Waals surface area (Å²) in [4.78, 5) is 16.7. The minimum atomic E-state index is -0.396. The monoisotopic (exact) mass is 294 g/mol. The Morgan fingerprint density at radius 3 is 2.81 bits per heavy atom. The SMILES string of the molecule is Nc1ccc2cc(-c3nc4ccccc4s3)c(=O)oc2c1. The fraction of sp³-hybridized carbons (Fsp3) is 0. The second-order valence-electron chi connectivity index (χ2n) is 4.73. The third-order valence-electron chi connectivity index (χ3n) is 3.28. The van der Waals surface area contributed by atoms with Crippen molar-refractivity contribution in [3.63, 3.8) is 0 Å². The van der Waals surface area contributed by atoms with E-state index in [0.717, 1.165) is 15.6 Å². The van der Waals surface area contributed by atoms with E-state index in [1.807, 2.05) is 30.3 Å². The van der Waals surface area contributed by atoms with Crippen LogP contribution in [-0.4, -0.2) is 4.98 Å². The maximum Gasteiger partial charge on any atom is 0.346 e. The first kappa shape index (κ1) is 12.1. The first-order valence-corrected chi connectivity index (χ1v) is 7.22. The molecule has 4 aromatic rings. The number of fused-ring (bicyclic) bond motifs is 2. The van der Waals surface area contributed by atoms with Crippen LogP contribution < -0.4 is 11.4 Å². The molecule has 0 saturated carbocycles. The Kier molecular flexibility index (Phi) is 2.55. The molecule has 0 amide bonds. The summed E-state index contributed by atoms with van der Waals surface area (Å²) in [5, 5.41) is 1.50. The molecule has 0 unspecified atom stereocenters. The number of aromatic nitrogens is 1. The van der Waals surface area contributed by atoms with Crippen molar-refractivity contribution in [1.29, 1.82) is 0 Å². The number of hydrogen-bond donors (Lipinski definition) is 1. The van der Waals surface area contributed by atoms with Crippen LogP contribution in [0.5, 0.6) is 0 Å². The van der Waals surface area contributed by atoms with E-state index in [2.05, 4.69) is 4.98 Å². The van der Waals surface area contributed by atoms with Gasteiger partial charge in [-0.1, -0.05) is 12.1 Å². The van der Waals surface area contributed by atoms with E-state index in [0.29, 0.717) is 21.8 Å². The van der Waals surface area contributed by atoms with Gasteiger partial charge in [0, 0.05) is 17.1 Å². The lowest BCUT2D eigenvalue weighted by molar-refractivity contribution is 0.563. The minimum Gasteiger partial charge on any atom is -0.422 e. The van der Waals surface area contributed by atoms with E-state index < -0.39 is 5.63 Å². The van der Waals surface area contributed by atoms with Gasteiger partial charge in [-0.2, -0.15) is 0 Å². The molecule has 0 radical (unpaired) electrons. The fourth-order valence-corrected chi connectivity index (χ4v) is 3.23. The van der Waals surface area contributed by atoms with Crippen LogP contribution in [0.1, 0.15) is 0 Å². The van der Waals surface area contributed by atoms with E-state index in [4.69, 9.17) is 10.2 Å². The van der Waals surface area contributed by atoms with Crippen molar-refractivity contribution in [3.05, 3.63) is 59.0 Å². The van der Waals surface area contributed by atoms with E-state index >= 15 is 0 Å². The summed E-state index contributed by atoms with van der Waals surface area (Å²) >= 11 is 1.48. The smallest absolute Gasteiger partial charge is 0.346 e. The second-order valence-corrected chi connectivity index (χ2v) is 5.76. The summed E-state index contributed by atoms with van der Waals surface area (Å²) in [6.45, 7) is 0. The summed E-state index contributed by atoms with van der Waals surface area (Å²) < 4.78 is 6.40. The van der Waals surface area contributed by atoms with Crippen molar-refractivity contribution in [2.45, 2.75) is 0 Å². The highest BCUT2D eigenvalue weighted by atomic mass is 32.1. The molecule has 2 heterocycles. The van der Waals surface area contributed by atoms with E-state index in [1.54, 1.807) is 18.2 Å². The molecule has 2 aromatic carbocycles. The molecule has 2 aromatic heterocycles. The summed E-state index contributed by atoms with van der Waals surface area (Å²) in [5.41, 5.74) is 7.73. The van der Waals surface area contributed by atoms with Crippen molar-refractivity contribution in [3.8, 4) is 10.6 Å². The van der Waals surface area contributed by atoms with E-state index in [9.17, 15) is 4.79 Å². The van der Waals surface area contributed by atoms with Gasteiger partial charge in [-0.05, 0) is 30.3 Å². The normalized spacial score (nSPS) is 11.2. The van der Waals surface area contributed by atoms with Crippen LogP contribution in [0.25, 0.3) is 31.8 Å². The first-order valence-electron chi connectivity index (χ1n) is 6.40. The lowest BCUT2D eigenvalue weighted by Crippen LogP contribution is -2.02. The van der Waals surface area contributed by atoms with Crippen LogP contribution in [0.3, 0.4) is 0 Å². The topological polar surface area (TPSA) is 69.1 Å². The molecule has 0 aliphatic heterocycles. The Hall–Kier alpha value is -2.66. The van der Waals surface area contributed by atoms with Crippen molar-refractivity contribution >= 4 is 38.2 Å². The molecule has 4 nitrogen and oxygen atoms in total. The molecule has 21 heavy (non-hydrogen) atoms. The lowest BCUT2D eigenvalue weighted by Gasteiger charge is -2.00. The Morgan fingerprint density at radius 2 is 1.95 bits per heavy atom. The van der Waals surface area contributed by atoms with Crippen LogP contribution in [0.15, 0.2) is 57.7 Å². The Labute approximate surface area is 123 Å². The maximum absolute atomic E-state index is 12.2. The number of rotatable bonds is 1. The third kappa shape index (κ3) is 1.98. The third-order valence-corrected chi connectivity index (χ3v) is 4.35. The standard InChI is InChI=1S/C16H10N2O2S/c17-10-6-5-9-7-11(16(19)20-13(9)8-10)15-18-12-3-1-2-4-14(12)21-15/h1-8H,17H2. The van der Waals surface area contributed by atoms with E-state index in [-0.39, 0.29) is 0 Å². The van der Waals surface area contributed by atoms with Gasteiger partial charge in [0.15, 0.2) is 0 Å². The van der Waals surface area contributed by atoms with Crippen LogP contribution in [0.4, 0.5) is 5.69 Å². The largest absolute Gasteiger partial charge is 0.422 e. The fourth-order valence-electron chi connectivity index (χ4n) is 2.26. The Morgan fingerprint density at radius 1 is 1.10 bits per heavy atom. The van der Waals surface area contributed by atoms with Gasteiger partial charge in [-0.3, -0.25) is 0 Å². The number of benzene rings is 2. The predicted octanol–water partition coefficient (Wildman–Crippen LogP) is 3.65. The summed E-state index contributed by atoms with van der Waals surface area (Å²) in [6, 6.07) is 14.9. The first-order chi connectivity index (χ1) is 10.2. The van der Waals surface area contributed by atoms with Gasteiger partial charge in [-0.25, -0.2) is 9.78 Å². The molecule has 0 aliphatic carbocycles. The lowest BCUT2D eigenvalue weighted by atomic mass is 10.2. The number of anilines is 1. The zero-order valence-corrected chi connectivity index (χ0v) is 11.7. The quantitative estimate of drug-likeness (QED) is 0.430. The number of thiazole rings is 1. The Bertz CT molecular complexity index is 1000. The van der Waals surface area contributed by atoms with Crippen LogP contribution in [0, 0.1) is 0 Å². The summed E-state index contributed by atoms with van der Waals surface area (Å²) in [5.74, 6) is 0. The van der Waals surface area contributed by atoms with Crippen molar-refractivity contribution in [1.82, 2.24) is 4.98 Å². The molecule has 2 N–H and O–H groups in total. The molecule has 0 atom stereocenters. The van der Waals surface area contributed by atoms with Crippen LogP contribution in [0.2, 0.25) is 0 Å². The average Bonchev–Trinajstić information content (AvgIpc) is 2.90. The zero-order chi connectivity index (χ0) is 14.4. The predicted molar refractivity (Wildman–Crippen MR) is 85.5 cm³/mol. The average molecular weight is 294 g/mol. The van der Waals surface area contributed by atoms with Gasteiger partial charge in [0.2, 0.25) is 0 Å². The summed E-state index contributed by atoms with van der Waals surface area (Å²) in [6.07, 6.45) is 0. The highest BCUT2D eigenvalue weighted by molar-refractivity contribution is 7.21. The number of para-hydroxylation sites is 1. The van der Waals surface area contributed by atoms with Gasteiger partial charge >= 0.3 is 5.63 Å². The van der Waals surface area contributed by atoms with Crippen molar-refractivity contribution in [2.24, 2.45) is 0 Å². The molecule has 5 heteroatoms. The summed E-state index contributed by atoms with van der Waals surface area (Å²) in [7, 11) is 0. The molecule has 0 fully saturated rings. The molecule has 0 aliphatic rings. The van der Waals surface area contributed by atoms with Crippen molar-refractivity contribution in [2.75, 3.05) is 5.73 Å². The second kappa shape index (κ2) is 4.43. The van der Waals surface area contributed by atoms with E-state index in [1.165, 1.54) is 11.3 Å². The molecular weight excluding hydrogens is 284 g/mol. The van der Waals surface area contributed by atoms with Crippen LogP contribution >= 0.6 is 11.3 Å². The van der Waals surface area contributed by atoms with Gasteiger partial charge in [0.25, 0.3) is 0 Å². The number of nitrogen functional groups attached to an aromatic ring is 1. The Balaban J connectivity index is 1.99. The molecule has 102 valence electrons. The van der Waals surface area contributed by atoms with Crippen LogP contribution in [-0.2, 0) is 0 Å². The van der Waals surface area contributed by atoms with Gasteiger partial charge < -0.3 is 10.2 Å². The van der Waals surface area contributed by atoms with Crippen molar-refractivity contribution < 1.29 is 4.42 Å². The molecular formula is C16H10N2O2S. The zero-order valence-electron chi connectivity index (χ0n) is 10.9. The molecule has 0 bridgehead atoms. The number of nitrogens with zero attached hydrogens (tertiary/aromatic N) is 1. The van der Waals surface area contributed by atoms with Gasteiger partial charge in [0.1, 0.15) is 10.6 Å². The van der Waals surface area contributed by atoms with Gasteiger partial charge in [-0.15, -0.1) is 11.3 Å². The molecule has 4 rings (SSSR count). The maximum atomic E-state index is 12.2. The highest BCUT2D eigenvalue weighted by Gasteiger charge is 2.12. The molecule has 0 saturated heterocycles.